The Morgan fingerprint density at radius 2 is 0.974 bits per heavy atom. The molecule has 6 heterocycles. The fourth-order valence-corrected chi connectivity index (χ4v) is 13.8. The van der Waals surface area contributed by atoms with Crippen LogP contribution in [-0.4, -0.2) is 142 Å². The number of hydrogen-bond acceptors (Lipinski definition) is 19. The summed E-state index contributed by atoms with van der Waals surface area (Å²) in [5, 5.41) is 5.83. The van der Waals surface area contributed by atoms with Gasteiger partial charge in [0, 0.05) is 107 Å². The van der Waals surface area contributed by atoms with Crippen LogP contribution in [0.4, 0.5) is 5.69 Å². The van der Waals surface area contributed by atoms with E-state index in [9.17, 15) is 55.7 Å². The van der Waals surface area contributed by atoms with Crippen LogP contribution in [0, 0.1) is 0 Å². The molecule has 1 fully saturated rings. The molecule has 6 N–H and O–H groups in total. The molecular formula is C46H38CuN12O13S5. The van der Waals surface area contributed by atoms with E-state index in [4.69, 9.17) is 0 Å². The average Bonchev–Trinajstić information content (AvgIpc) is 4.18. The number of sulfonamides is 1. The van der Waals surface area contributed by atoms with Crippen molar-refractivity contribution in [1.82, 2.24) is 55.4 Å². The molecule has 3 aromatic heterocycles. The first-order valence-corrected chi connectivity index (χ1v) is 30.2. The summed E-state index contributed by atoms with van der Waals surface area (Å²) in [6.45, 7) is 5.14. The predicted octanol–water partition coefficient (Wildman–Crippen LogP) is 2.93. The third-order valence-corrected chi connectivity index (χ3v) is 18.5. The normalized spacial score (nSPS) is 14.3. The number of aromatic nitrogens is 8. The maximum atomic E-state index is 14.6. The van der Waals surface area contributed by atoms with E-state index in [1.807, 2.05) is 0 Å². The van der Waals surface area contributed by atoms with Crippen LogP contribution in [0.15, 0.2) is 122 Å². The molecule has 0 atom stereocenters. The number of sulfone groups is 1. The van der Waals surface area contributed by atoms with Crippen molar-refractivity contribution in [1.29, 1.82) is 0 Å². The molecule has 1 radical (unpaired) electrons. The van der Waals surface area contributed by atoms with Gasteiger partial charge in [0.2, 0.25) is 0 Å². The Bertz CT molecular complexity index is 4500. The van der Waals surface area contributed by atoms with E-state index in [0.29, 0.717) is 6.54 Å². The van der Waals surface area contributed by atoms with Gasteiger partial charge in [-0.25, -0.2) is 26.8 Å². The van der Waals surface area contributed by atoms with Crippen LogP contribution in [0.1, 0.15) is 0 Å². The van der Waals surface area contributed by atoms with Crippen molar-refractivity contribution in [2.75, 3.05) is 56.3 Å². The molecule has 0 amide bonds. The zero-order valence-electron chi connectivity index (χ0n) is 39.2. The first-order chi connectivity index (χ1) is 36.0. The summed E-state index contributed by atoms with van der Waals surface area (Å²) < 4.78 is 167. The standard InChI is InChI=1S/C46H38N12O13S5.Cu/c59-72(60,24-20-48-19-23-58-21-17-47-18-22-58)26-15-13-25(14-16-26)57-73(61,62)31-9-1-5-27-35(31)43-49-39(27)51-44-37-29(7-3-11-33(37)75(66,67)68)41(53-44)55-46-38-30(8-4-12-34(38)76(69,70)71)42(56-46)54-45-36-28(40(50-43)52-45)6-2-10-32(36)74(63,64)65;/h1-16,47-48,57H,17-24H2,(H3-2,49,50,51,52,53,54,55,56,63,64,65,66,67,68,69,70,71);/q-2;+2. The number of nitrogens with zero attached hydrogens (tertiary/aromatic N) is 9. The summed E-state index contributed by atoms with van der Waals surface area (Å²) in [5.41, 5.74) is -2.31. The second-order valence-electron chi connectivity index (χ2n) is 17.4. The average molecular weight is 1190 g/mol. The van der Waals surface area contributed by atoms with Gasteiger partial charge in [0.15, 0.2) is 9.84 Å². The van der Waals surface area contributed by atoms with Gasteiger partial charge >= 0.3 is 17.1 Å². The monoisotopic (exact) mass is 1190 g/mol. The molecule has 401 valence electrons. The van der Waals surface area contributed by atoms with Crippen LogP contribution in [0.3, 0.4) is 0 Å². The fraction of sp³-hybridized carbons (Fsp3) is 0.174. The second kappa shape index (κ2) is 19.9. The third kappa shape index (κ3) is 10.2. The second-order valence-corrected chi connectivity index (χ2v) is 25.3. The number of rotatable bonds is 13. The van der Waals surface area contributed by atoms with Gasteiger partial charge in [0.05, 0.1) is 38.8 Å². The van der Waals surface area contributed by atoms with E-state index in [2.05, 4.69) is 60.1 Å². The minimum absolute atomic E-state index is 0. The van der Waals surface area contributed by atoms with Crippen molar-refractivity contribution in [3.63, 3.8) is 0 Å². The van der Waals surface area contributed by atoms with E-state index in [1.165, 1.54) is 78.9 Å². The molecule has 1 saturated heterocycles. The van der Waals surface area contributed by atoms with Gasteiger partial charge in [-0.3, -0.25) is 23.3 Å². The summed E-state index contributed by atoms with van der Waals surface area (Å²) >= 11 is 0. The number of fused-ring (bicyclic) bond motifs is 20. The Morgan fingerprint density at radius 3 is 1.48 bits per heavy atom. The van der Waals surface area contributed by atoms with Gasteiger partial charge in [0.25, 0.3) is 40.4 Å². The van der Waals surface area contributed by atoms with E-state index in [1.54, 1.807) is 0 Å². The minimum Gasteiger partial charge on any atom is -0.357 e. The van der Waals surface area contributed by atoms with E-state index in [-0.39, 0.29) is 107 Å². The van der Waals surface area contributed by atoms with Crippen molar-refractivity contribution in [2.45, 2.75) is 24.5 Å². The SMILES string of the molecule is O=S(=O)(O)c1cccc2c1-c1nc-2nc2[n-]c(nc3nc(nc4[n-]c(n1)c1cccc(S(=O)(=O)O)c41)-c1cccc(S(=O)(=O)O)c1-3)c1cccc(S(=O)(=O)Nc3ccc(S(=O)(=O)CCNCCN4CCNCC4)cc3)c21.[Cu+2]. The topological polar surface area (TPSA) is 376 Å². The van der Waals surface area contributed by atoms with Crippen molar-refractivity contribution in [3.05, 3.63) is 97.1 Å². The van der Waals surface area contributed by atoms with Crippen LogP contribution in [0.5, 0.6) is 0 Å². The van der Waals surface area contributed by atoms with Crippen LogP contribution in [0.25, 0.3) is 89.7 Å². The molecular weight excluding hydrogens is 1150 g/mol. The van der Waals surface area contributed by atoms with Crippen LogP contribution >= 0.6 is 0 Å². The summed E-state index contributed by atoms with van der Waals surface area (Å²) in [4.78, 5) is 36.1. The first-order valence-electron chi connectivity index (χ1n) is 22.7. The van der Waals surface area contributed by atoms with Crippen LogP contribution in [-0.2, 0) is 67.3 Å². The summed E-state index contributed by atoms with van der Waals surface area (Å²) in [5.74, 6) is -1.79. The quantitative estimate of drug-likeness (QED) is 0.0549. The zero-order valence-corrected chi connectivity index (χ0v) is 44.2. The number of benzene rings is 5. The van der Waals surface area contributed by atoms with E-state index < -0.39 is 92.7 Å². The number of hydrogen-bond donors (Lipinski definition) is 6. The number of anilines is 1. The Balaban J connectivity index is 0.00000672. The van der Waals surface area contributed by atoms with Gasteiger partial charge < -0.3 is 40.5 Å². The molecule has 0 aliphatic carbocycles. The van der Waals surface area contributed by atoms with Crippen molar-refractivity contribution < 1.29 is 72.8 Å². The Kier molecular flexibility index (Phi) is 13.9. The molecule has 0 unspecified atom stereocenters. The van der Waals surface area contributed by atoms with Crippen molar-refractivity contribution in [3.8, 4) is 45.6 Å². The molecule has 8 aromatic rings. The molecule has 5 aromatic carbocycles. The minimum atomic E-state index is -5.06. The van der Waals surface area contributed by atoms with E-state index >= 15 is 0 Å². The molecule has 3 aliphatic heterocycles. The molecule has 8 bridgehead atoms. The predicted molar refractivity (Wildman–Crippen MR) is 275 cm³/mol. The van der Waals surface area contributed by atoms with Gasteiger partial charge in [-0.2, -0.15) is 25.3 Å². The van der Waals surface area contributed by atoms with Gasteiger partial charge in [-0.1, -0.05) is 48.5 Å². The summed E-state index contributed by atoms with van der Waals surface area (Å²) in [7, 11) is -23.6. The number of piperazine rings is 1. The van der Waals surface area contributed by atoms with Gasteiger partial charge in [-0.05, 0) is 59.3 Å². The van der Waals surface area contributed by atoms with E-state index in [0.717, 1.165) is 50.9 Å². The third-order valence-electron chi connectivity index (χ3n) is 12.6. The van der Waals surface area contributed by atoms with Crippen molar-refractivity contribution in [2.24, 2.45) is 0 Å². The Hall–Kier alpha value is -6.71. The van der Waals surface area contributed by atoms with Crippen LogP contribution < -0.4 is 25.3 Å². The van der Waals surface area contributed by atoms with Crippen molar-refractivity contribution >= 4 is 100 Å². The summed E-state index contributed by atoms with van der Waals surface area (Å²) in [6, 6.07) is 20.1. The molecule has 11 rings (SSSR count). The smallest absolute Gasteiger partial charge is 0.357 e. The molecule has 77 heavy (non-hydrogen) atoms. The molecule has 3 aliphatic rings. The largest absolute Gasteiger partial charge is 2.00 e. The maximum Gasteiger partial charge on any atom is 2.00 e. The van der Waals surface area contributed by atoms with Gasteiger partial charge in [0.1, 0.15) is 14.7 Å². The fourth-order valence-electron chi connectivity index (χ4n) is 9.15. The molecule has 0 spiro atoms. The molecule has 25 nitrogen and oxygen atoms in total. The zero-order chi connectivity index (χ0) is 53.5. The number of nitrogens with one attached hydrogen (secondary N) is 3. The molecule has 31 heteroatoms. The Labute approximate surface area is 448 Å². The van der Waals surface area contributed by atoms with Gasteiger partial charge in [-0.15, -0.1) is 0 Å². The Morgan fingerprint density at radius 1 is 0.519 bits per heavy atom. The van der Waals surface area contributed by atoms with Crippen LogP contribution in [0.2, 0.25) is 0 Å². The maximum absolute atomic E-state index is 14.6. The molecule has 0 saturated carbocycles. The summed E-state index contributed by atoms with van der Waals surface area (Å²) in [6.07, 6.45) is 0. The first kappa shape index (κ1) is 53.7.